The fraction of sp³-hybridized carbons (Fsp3) is 0.222. The van der Waals surface area contributed by atoms with Crippen LogP contribution >= 0.6 is 0 Å². The maximum absolute atomic E-state index is 12.0. The molecule has 0 unspecified atom stereocenters. The highest BCUT2D eigenvalue weighted by Crippen LogP contribution is 2.21. The van der Waals surface area contributed by atoms with Crippen LogP contribution in [0.1, 0.15) is 22.3 Å². The largest absolute Gasteiger partial charge is 0.507 e. The minimum atomic E-state index is -0.179. The highest BCUT2D eigenvalue weighted by Gasteiger charge is 2.07. The van der Waals surface area contributed by atoms with Crippen molar-refractivity contribution in [2.24, 2.45) is 4.99 Å². The van der Waals surface area contributed by atoms with Crippen molar-refractivity contribution in [1.29, 1.82) is 0 Å². The first-order valence-electron chi connectivity index (χ1n) is 7.13. The number of nitrogens with one attached hydrogen (secondary N) is 1. The van der Waals surface area contributed by atoms with Crippen molar-refractivity contribution >= 4 is 17.8 Å². The lowest BCUT2D eigenvalue weighted by Crippen LogP contribution is -2.16. The Balaban J connectivity index is 2.01. The number of carbonyl (C=O) groups excluding carboxylic acids is 1. The summed E-state index contributed by atoms with van der Waals surface area (Å²) in [7, 11) is 0. The van der Waals surface area contributed by atoms with Gasteiger partial charge in [-0.15, -0.1) is 0 Å². The second-order valence-electron chi connectivity index (χ2n) is 5.35. The number of phenolic OH excluding ortho intramolecular Hbond substituents is 1. The van der Waals surface area contributed by atoms with Crippen LogP contribution in [0.4, 0.5) is 5.69 Å². The van der Waals surface area contributed by atoms with E-state index < -0.39 is 0 Å². The lowest BCUT2D eigenvalue weighted by Gasteiger charge is -2.12. The van der Waals surface area contributed by atoms with Crippen molar-refractivity contribution in [2.45, 2.75) is 20.8 Å². The molecule has 0 fully saturated rings. The Labute approximate surface area is 130 Å². The molecule has 4 nitrogen and oxygen atoms in total. The minimum Gasteiger partial charge on any atom is -0.507 e. The molecule has 0 heterocycles. The van der Waals surface area contributed by atoms with Crippen LogP contribution in [-0.4, -0.2) is 23.8 Å². The Morgan fingerprint density at radius 1 is 1.18 bits per heavy atom. The van der Waals surface area contributed by atoms with E-state index in [0.29, 0.717) is 5.56 Å². The molecule has 114 valence electrons. The Morgan fingerprint density at radius 3 is 2.45 bits per heavy atom. The summed E-state index contributed by atoms with van der Waals surface area (Å²) in [5.41, 5.74) is 4.68. The van der Waals surface area contributed by atoms with Crippen LogP contribution in [0.25, 0.3) is 0 Å². The fourth-order valence-corrected chi connectivity index (χ4v) is 2.38. The van der Waals surface area contributed by atoms with Gasteiger partial charge in [0.2, 0.25) is 5.91 Å². The molecule has 0 aliphatic rings. The second kappa shape index (κ2) is 6.89. The van der Waals surface area contributed by atoms with Gasteiger partial charge in [-0.3, -0.25) is 9.79 Å². The first-order valence-corrected chi connectivity index (χ1v) is 7.13. The molecule has 0 spiro atoms. The van der Waals surface area contributed by atoms with Gasteiger partial charge in [-0.05, 0) is 44.0 Å². The summed E-state index contributed by atoms with van der Waals surface area (Å²) in [6, 6.07) is 10.9. The van der Waals surface area contributed by atoms with Gasteiger partial charge >= 0.3 is 0 Å². The zero-order valence-corrected chi connectivity index (χ0v) is 13.1. The van der Waals surface area contributed by atoms with E-state index >= 15 is 0 Å². The van der Waals surface area contributed by atoms with Crippen LogP contribution in [-0.2, 0) is 4.79 Å². The average Bonchev–Trinajstić information content (AvgIpc) is 2.45. The summed E-state index contributed by atoms with van der Waals surface area (Å²) < 4.78 is 0. The zero-order chi connectivity index (χ0) is 16.1. The number of benzene rings is 2. The number of phenols is 1. The Kier molecular flexibility index (Phi) is 4.94. The number of rotatable bonds is 4. The van der Waals surface area contributed by atoms with E-state index in [2.05, 4.69) is 10.3 Å². The Bertz CT molecular complexity index is 698. The van der Waals surface area contributed by atoms with E-state index in [1.165, 1.54) is 11.8 Å². The van der Waals surface area contributed by atoms with E-state index in [0.717, 1.165) is 16.8 Å². The molecule has 2 aromatic rings. The van der Waals surface area contributed by atoms with Gasteiger partial charge in [0.1, 0.15) is 12.3 Å². The smallest absolute Gasteiger partial charge is 0.246 e. The van der Waals surface area contributed by atoms with Gasteiger partial charge in [0, 0.05) is 17.5 Å². The first-order chi connectivity index (χ1) is 10.5. The molecule has 2 N–H and O–H groups in total. The molecule has 4 heteroatoms. The van der Waals surface area contributed by atoms with Crippen LogP contribution in [0, 0.1) is 20.8 Å². The van der Waals surface area contributed by atoms with Crippen molar-refractivity contribution in [1.82, 2.24) is 0 Å². The Morgan fingerprint density at radius 2 is 1.82 bits per heavy atom. The quantitative estimate of drug-likeness (QED) is 0.850. The third-order valence-corrected chi connectivity index (χ3v) is 3.34. The number of para-hydroxylation sites is 1. The summed E-state index contributed by atoms with van der Waals surface area (Å²) >= 11 is 0. The van der Waals surface area contributed by atoms with Gasteiger partial charge in [-0.1, -0.05) is 29.8 Å². The molecule has 0 saturated carbocycles. The van der Waals surface area contributed by atoms with Gasteiger partial charge in [-0.2, -0.15) is 0 Å². The predicted molar refractivity (Wildman–Crippen MR) is 89.9 cm³/mol. The molecule has 0 atom stereocenters. The predicted octanol–water partition coefficient (Wildman–Crippen LogP) is 3.38. The van der Waals surface area contributed by atoms with Crippen molar-refractivity contribution in [2.75, 3.05) is 11.9 Å². The van der Waals surface area contributed by atoms with Crippen LogP contribution in [0.2, 0.25) is 0 Å². The zero-order valence-electron chi connectivity index (χ0n) is 13.1. The number of aromatic hydroxyl groups is 1. The van der Waals surface area contributed by atoms with Crippen LogP contribution in [0.5, 0.6) is 5.75 Å². The normalized spacial score (nSPS) is 10.9. The molecule has 0 aliphatic carbocycles. The standard InChI is InChI=1S/C18H20N2O2/c1-12-8-13(2)18(14(3)9-12)20-17(22)11-19-10-15-6-4-5-7-16(15)21/h4-10,21H,11H2,1-3H3,(H,20,22). The van der Waals surface area contributed by atoms with E-state index in [1.807, 2.05) is 32.9 Å². The monoisotopic (exact) mass is 296 g/mol. The van der Waals surface area contributed by atoms with Gasteiger partial charge in [0.25, 0.3) is 0 Å². The fourth-order valence-electron chi connectivity index (χ4n) is 2.38. The number of carbonyl (C=O) groups is 1. The third kappa shape index (κ3) is 3.95. The molecule has 0 aromatic heterocycles. The van der Waals surface area contributed by atoms with Crippen molar-refractivity contribution in [3.05, 3.63) is 58.7 Å². The molecular weight excluding hydrogens is 276 g/mol. The van der Waals surface area contributed by atoms with E-state index in [-0.39, 0.29) is 18.2 Å². The van der Waals surface area contributed by atoms with E-state index in [4.69, 9.17) is 0 Å². The average molecular weight is 296 g/mol. The summed E-state index contributed by atoms with van der Waals surface area (Å²) in [6.07, 6.45) is 1.50. The summed E-state index contributed by atoms with van der Waals surface area (Å²) in [5, 5.41) is 12.5. The van der Waals surface area contributed by atoms with Crippen molar-refractivity contribution < 1.29 is 9.90 Å². The molecular formula is C18H20N2O2. The maximum Gasteiger partial charge on any atom is 0.246 e. The van der Waals surface area contributed by atoms with Gasteiger partial charge in [0.15, 0.2) is 0 Å². The van der Waals surface area contributed by atoms with E-state index in [9.17, 15) is 9.90 Å². The highest BCUT2D eigenvalue weighted by molar-refractivity contribution is 5.95. The third-order valence-electron chi connectivity index (χ3n) is 3.34. The molecule has 22 heavy (non-hydrogen) atoms. The molecule has 1 amide bonds. The SMILES string of the molecule is Cc1cc(C)c(NC(=O)CN=Cc2ccccc2O)c(C)c1. The van der Waals surface area contributed by atoms with Gasteiger partial charge < -0.3 is 10.4 Å². The number of amides is 1. The lowest BCUT2D eigenvalue weighted by atomic mass is 10.1. The van der Waals surface area contributed by atoms with Gasteiger partial charge in [0.05, 0.1) is 0 Å². The topological polar surface area (TPSA) is 61.7 Å². The van der Waals surface area contributed by atoms with Crippen molar-refractivity contribution in [3.8, 4) is 5.75 Å². The first kappa shape index (κ1) is 15.8. The maximum atomic E-state index is 12.0. The molecule has 0 bridgehead atoms. The Hall–Kier alpha value is -2.62. The lowest BCUT2D eigenvalue weighted by molar-refractivity contribution is -0.114. The van der Waals surface area contributed by atoms with Crippen LogP contribution in [0.15, 0.2) is 41.4 Å². The molecule has 0 aliphatic heterocycles. The van der Waals surface area contributed by atoms with Crippen molar-refractivity contribution in [3.63, 3.8) is 0 Å². The molecule has 0 saturated heterocycles. The number of anilines is 1. The number of hydrogen-bond acceptors (Lipinski definition) is 3. The highest BCUT2D eigenvalue weighted by atomic mass is 16.3. The second-order valence-corrected chi connectivity index (χ2v) is 5.35. The summed E-state index contributed by atoms with van der Waals surface area (Å²) in [5.74, 6) is -0.0291. The van der Waals surface area contributed by atoms with Crippen LogP contribution in [0.3, 0.4) is 0 Å². The minimum absolute atomic E-state index is 0.0150. The summed E-state index contributed by atoms with van der Waals surface area (Å²) in [6.45, 7) is 5.99. The number of nitrogens with zero attached hydrogens (tertiary/aromatic N) is 1. The molecule has 2 rings (SSSR count). The number of aliphatic imine (C=N–C) groups is 1. The number of aryl methyl sites for hydroxylation is 3. The van der Waals surface area contributed by atoms with Crippen LogP contribution < -0.4 is 5.32 Å². The number of hydrogen-bond donors (Lipinski definition) is 2. The van der Waals surface area contributed by atoms with Gasteiger partial charge in [-0.25, -0.2) is 0 Å². The molecule has 0 radical (unpaired) electrons. The van der Waals surface area contributed by atoms with E-state index in [1.54, 1.807) is 24.3 Å². The summed E-state index contributed by atoms with van der Waals surface area (Å²) in [4.78, 5) is 16.1. The molecule has 2 aromatic carbocycles.